The molecule has 0 aromatic carbocycles. The predicted octanol–water partition coefficient (Wildman–Crippen LogP) is 5.28. The highest BCUT2D eigenvalue weighted by molar-refractivity contribution is 4.71. The van der Waals surface area contributed by atoms with Crippen LogP contribution in [0, 0.1) is 11.3 Å². The van der Waals surface area contributed by atoms with Crippen molar-refractivity contribution in [1.82, 2.24) is 0 Å². The van der Waals surface area contributed by atoms with Crippen LogP contribution in [0.1, 0.15) is 74.1 Å². The highest BCUT2D eigenvalue weighted by atomic mass is 14.3. The molecule has 0 spiro atoms. The van der Waals surface area contributed by atoms with Gasteiger partial charge in [0, 0.05) is 0 Å². The van der Waals surface area contributed by atoms with Crippen molar-refractivity contribution < 1.29 is 0 Å². The van der Waals surface area contributed by atoms with Gasteiger partial charge in [-0.3, -0.25) is 0 Å². The van der Waals surface area contributed by atoms with Crippen LogP contribution >= 0.6 is 0 Å². The molecule has 13 heavy (non-hydrogen) atoms. The van der Waals surface area contributed by atoms with Crippen molar-refractivity contribution in [2.24, 2.45) is 11.3 Å². The summed E-state index contributed by atoms with van der Waals surface area (Å²) in [5, 5.41) is 0. The maximum absolute atomic E-state index is 2.35. The first-order valence-corrected chi connectivity index (χ1v) is 5.96. The first kappa shape index (κ1) is 15.5. The van der Waals surface area contributed by atoms with Gasteiger partial charge in [0.1, 0.15) is 0 Å². The van der Waals surface area contributed by atoms with Gasteiger partial charge in [0.15, 0.2) is 0 Å². The molecule has 82 valence electrons. The lowest BCUT2D eigenvalue weighted by atomic mass is 9.77. The number of hydrogen-bond donors (Lipinski definition) is 0. The molecule has 0 aliphatic heterocycles. The maximum Gasteiger partial charge on any atom is -0.0331 e. The predicted molar refractivity (Wildman–Crippen MR) is 64.1 cm³/mol. The van der Waals surface area contributed by atoms with Gasteiger partial charge in [-0.15, -0.1) is 0 Å². The van der Waals surface area contributed by atoms with E-state index in [0.717, 1.165) is 5.92 Å². The molecule has 0 aliphatic carbocycles. The maximum atomic E-state index is 2.35. The van der Waals surface area contributed by atoms with Gasteiger partial charge in [0.2, 0.25) is 0 Å². The summed E-state index contributed by atoms with van der Waals surface area (Å²) in [4.78, 5) is 0. The first-order chi connectivity index (χ1) is 5.96. The molecule has 1 atom stereocenters. The Balaban J connectivity index is 0. The van der Waals surface area contributed by atoms with Gasteiger partial charge in [-0.2, -0.15) is 0 Å². The van der Waals surface area contributed by atoms with Crippen molar-refractivity contribution in [3.63, 3.8) is 0 Å². The van der Waals surface area contributed by atoms with E-state index in [2.05, 4.69) is 48.5 Å². The molecule has 0 nitrogen and oxygen atoms in total. The molecule has 0 amide bonds. The van der Waals surface area contributed by atoms with Crippen LogP contribution in [-0.2, 0) is 0 Å². The second-order valence-electron chi connectivity index (χ2n) is 4.65. The largest absolute Gasteiger partial charge is 0.0654 e. The van der Waals surface area contributed by atoms with Crippen LogP contribution < -0.4 is 0 Å². The second kappa shape index (κ2) is 8.59. The first-order valence-electron chi connectivity index (χ1n) is 5.96. The fourth-order valence-electron chi connectivity index (χ4n) is 0.901. The van der Waals surface area contributed by atoms with Crippen LogP contribution in [0.3, 0.4) is 0 Å². The molecule has 0 bridgehead atoms. The molecule has 0 saturated heterocycles. The molecule has 0 radical (unpaired) electrons. The standard InChI is InChI=1S/C9H20.C4H10/c1-6-8(3)9(4,5)7-2;1-3-4-2/h8H,6-7H2,1-5H3;3-4H2,1-2H3. The van der Waals surface area contributed by atoms with E-state index in [0.29, 0.717) is 5.41 Å². The summed E-state index contributed by atoms with van der Waals surface area (Å²) >= 11 is 0. The Hall–Kier alpha value is 0. The minimum Gasteiger partial charge on any atom is -0.0654 e. The lowest BCUT2D eigenvalue weighted by Gasteiger charge is -2.29. The lowest BCUT2D eigenvalue weighted by Crippen LogP contribution is -2.19. The van der Waals surface area contributed by atoms with E-state index < -0.39 is 0 Å². The summed E-state index contributed by atoms with van der Waals surface area (Å²) in [6.45, 7) is 15.9. The van der Waals surface area contributed by atoms with E-state index in [-0.39, 0.29) is 0 Å². The minimum absolute atomic E-state index is 0.550. The Kier molecular flexibility index (Phi) is 10.2. The van der Waals surface area contributed by atoms with Gasteiger partial charge in [-0.05, 0) is 11.3 Å². The highest BCUT2D eigenvalue weighted by Crippen LogP contribution is 2.31. The fourth-order valence-corrected chi connectivity index (χ4v) is 0.901. The van der Waals surface area contributed by atoms with Gasteiger partial charge in [-0.1, -0.05) is 74.1 Å². The number of rotatable bonds is 4. The Morgan fingerprint density at radius 1 is 0.923 bits per heavy atom. The Morgan fingerprint density at radius 3 is 1.38 bits per heavy atom. The number of unbranched alkanes of at least 4 members (excludes halogenated alkanes) is 1. The van der Waals surface area contributed by atoms with E-state index in [1.807, 2.05) is 0 Å². The molecule has 0 saturated carbocycles. The average molecular weight is 186 g/mol. The molecule has 0 heteroatoms. The van der Waals surface area contributed by atoms with Gasteiger partial charge >= 0.3 is 0 Å². The number of hydrogen-bond acceptors (Lipinski definition) is 0. The summed E-state index contributed by atoms with van der Waals surface area (Å²) in [6, 6.07) is 0. The Labute approximate surface area is 86.1 Å². The summed E-state index contributed by atoms with van der Waals surface area (Å²) in [5.74, 6) is 0.863. The normalized spacial score (nSPS) is 13.2. The molecule has 0 aromatic rings. The quantitative estimate of drug-likeness (QED) is 0.560. The van der Waals surface area contributed by atoms with E-state index in [9.17, 15) is 0 Å². The molecule has 0 heterocycles. The molecule has 0 fully saturated rings. The van der Waals surface area contributed by atoms with E-state index in [1.54, 1.807) is 0 Å². The van der Waals surface area contributed by atoms with Crippen molar-refractivity contribution in [3.8, 4) is 0 Å². The zero-order valence-electron chi connectivity index (χ0n) is 10.9. The van der Waals surface area contributed by atoms with E-state index in [4.69, 9.17) is 0 Å². The third-order valence-corrected chi connectivity index (χ3v) is 3.36. The molecular weight excluding hydrogens is 156 g/mol. The molecule has 0 rings (SSSR count). The molecule has 0 aromatic heterocycles. The molecule has 1 unspecified atom stereocenters. The third kappa shape index (κ3) is 8.33. The highest BCUT2D eigenvalue weighted by Gasteiger charge is 2.21. The van der Waals surface area contributed by atoms with Crippen molar-refractivity contribution in [2.75, 3.05) is 0 Å². The van der Waals surface area contributed by atoms with Crippen LogP contribution in [0.2, 0.25) is 0 Å². The van der Waals surface area contributed by atoms with Crippen LogP contribution in [-0.4, -0.2) is 0 Å². The van der Waals surface area contributed by atoms with Crippen molar-refractivity contribution in [2.45, 2.75) is 74.1 Å². The van der Waals surface area contributed by atoms with Gasteiger partial charge in [0.05, 0.1) is 0 Å². The zero-order chi connectivity index (χ0) is 10.9. The Morgan fingerprint density at radius 2 is 1.31 bits per heavy atom. The van der Waals surface area contributed by atoms with E-state index in [1.165, 1.54) is 25.7 Å². The summed E-state index contributed by atoms with van der Waals surface area (Å²) in [6.07, 6.45) is 5.24. The Bertz CT molecular complexity index is 90.2. The third-order valence-electron chi connectivity index (χ3n) is 3.36. The average Bonchev–Trinajstić information content (AvgIpc) is 2.16. The SMILES string of the molecule is CCC(C)C(C)(C)CC.CCCC. The van der Waals surface area contributed by atoms with Crippen LogP contribution in [0.4, 0.5) is 0 Å². The zero-order valence-corrected chi connectivity index (χ0v) is 10.9. The molecular formula is C13H30. The summed E-state index contributed by atoms with van der Waals surface area (Å²) < 4.78 is 0. The fraction of sp³-hybridized carbons (Fsp3) is 1.00. The van der Waals surface area contributed by atoms with E-state index >= 15 is 0 Å². The van der Waals surface area contributed by atoms with Gasteiger partial charge in [-0.25, -0.2) is 0 Å². The van der Waals surface area contributed by atoms with Gasteiger partial charge < -0.3 is 0 Å². The van der Waals surface area contributed by atoms with Crippen LogP contribution in [0.5, 0.6) is 0 Å². The van der Waals surface area contributed by atoms with Crippen molar-refractivity contribution in [1.29, 1.82) is 0 Å². The summed E-state index contributed by atoms with van der Waals surface area (Å²) in [7, 11) is 0. The van der Waals surface area contributed by atoms with Crippen molar-refractivity contribution >= 4 is 0 Å². The summed E-state index contributed by atoms with van der Waals surface area (Å²) in [5.41, 5.74) is 0.550. The minimum atomic E-state index is 0.550. The van der Waals surface area contributed by atoms with Crippen LogP contribution in [0.25, 0.3) is 0 Å². The van der Waals surface area contributed by atoms with Crippen LogP contribution in [0.15, 0.2) is 0 Å². The topological polar surface area (TPSA) is 0 Å². The van der Waals surface area contributed by atoms with Crippen molar-refractivity contribution in [3.05, 3.63) is 0 Å². The smallest absolute Gasteiger partial charge is 0.0331 e. The molecule has 0 N–H and O–H groups in total. The molecule has 0 aliphatic rings. The monoisotopic (exact) mass is 186 g/mol. The lowest BCUT2D eigenvalue weighted by molar-refractivity contribution is 0.215. The van der Waals surface area contributed by atoms with Gasteiger partial charge in [0.25, 0.3) is 0 Å². The second-order valence-corrected chi connectivity index (χ2v) is 4.65.